The Hall–Kier alpha value is -2.13. The minimum Gasteiger partial charge on any atom is -0.396 e. The zero-order valence-corrected chi connectivity index (χ0v) is 16.8. The van der Waals surface area contributed by atoms with Crippen LogP contribution in [0.1, 0.15) is 16.8 Å². The Morgan fingerprint density at radius 3 is 2.89 bits per heavy atom. The van der Waals surface area contributed by atoms with E-state index in [2.05, 4.69) is 31.7 Å². The molecule has 142 valence electrons. The summed E-state index contributed by atoms with van der Waals surface area (Å²) in [5.41, 5.74) is 5.54. The summed E-state index contributed by atoms with van der Waals surface area (Å²) >= 11 is 9.66. The van der Waals surface area contributed by atoms with Crippen LogP contribution in [-0.2, 0) is 11.9 Å². The largest absolute Gasteiger partial charge is 0.396 e. The fourth-order valence-electron chi connectivity index (χ4n) is 2.51. The van der Waals surface area contributed by atoms with Gasteiger partial charge in [0.05, 0.1) is 45.9 Å². The second kappa shape index (κ2) is 8.71. The highest BCUT2D eigenvalue weighted by molar-refractivity contribution is 9.10. The van der Waals surface area contributed by atoms with Gasteiger partial charge < -0.3 is 15.0 Å². The van der Waals surface area contributed by atoms with E-state index < -0.39 is 5.91 Å². The molecule has 0 fully saturated rings. The number of aryl methyl sites for hydroxylation is 1. The Balaban J connectivity index is 1.95. The zero-order valence-electron chi connectivity index (χ0n) is 14.5. The predicted octanol–water partition coefficient (Wildman–Crippen LogP) is 3.78. The molecule has 3 N–H and O–H groups in total. The van der Waals surface area contributed by atoms with E-state index in [1.165, 1.54) is 0 Å². The smallest absolute Gasteiger partial charge is 0.277 e. The van der Waals surface area contributed by atoms with Crippen LogP contribution < -0.4 is 10.8 Å². The Morgan fingerprint density at radius 1 is 1.33 bits per heavy atom. The second-order valence-electron chi connectivity index (χ2n) is 5.85. The van der Waals surface area contributed by atoms with Gasteiger partial charge in [0.25, 0.3) is 5.91 Å². The SMILES string of the molecule is Cn1cnc2cc(Nc3ccc(Br)cc3Cl)c(C(=O)NOCCCO)cc21. The molecule has 1 amide bonds. The summed E-state index contributed by atoms with van der Waals surface area (Å²) < 4.78 is 2.68. The summed E-state index contributed by atoms with van der Waals surface area (Å²) in [5, 5.41) is 12.5. The van der Waals surface area contributed by atoms with Crippen molar-refractivity contribution in [2.24, 2.45) is 7.05 Å². The average molecular weight is 454 g/mol. The molecule has 1 aromatic heterocycles. The molecule has 0 aliphatic carbocycles. The maximum Gasteiger partial charge on any atom is 0.277 e. The highest BCUT2D eigenvalue weighted by atomic mass is 79.9. The van der Waals surface area contributed by atoms with Gasteiger partial charge in [0.15, 0.2) is 0 Å². The minimum absolute atomic E-state index is 0.00821. The van der Waals surface area contributed by atoms with Crippen LogP contribution in [0.2, 0.25) is 5.02 Å². The van der Waals surface area contributed by atoms with Crippen LogP contribution in [0.15, 0.2) is 41.1 Å². The second-order valence-corrected chi connectivity index (χ2v) is 7.17. The van der Waals surface area contributed by atoms with Crippen molar-refractivity contribution in [3.63, 3.8) is 0 Å². The highest BCUT2D eigenvalue weighted by Crippen LogP contribution is 2.31. The summed E-state index contributed by atoms with van der Waals surface area (Å²) in [7, 11) is 1.85. The van der Waals surface area contributed by atoms with E-state index in [-0.39, 0.29) is 13.2 Å². The monoisotopic (exact) mass is 452 g/mol. The van der Waals surface area contributed by atoms with E-state index in [0.29, 0.717) is 28.4 Å². The average Bonchev–Trinajstić information content (AvgIpc) is 3.00. The number of aliphatic hydroxyl groups excluding tert-OH is 1. The summed E-state index contributed by atoms with van der Waals surface area (Å²) in [6.07, 6.45) is 2.11. The van der Waals surface area contributed by atoms with Crippen molar-refractivity contribution < 1.29 is 14.7 Å². The Kier molecular flexibility index (Phi) is 6.33. The first kappa shape index (κ1) is 19.6. The molecule has 7 nitrogen and oxygen atoms in total. The molecule has 0 aliphatic rings. The van der Waals surface area contributed by atoms with Crippen LogP contribution in [0.4, 0.5) is 11.4 Å². The summed E-state index contributed by atoms with van der Waals surface area (Å²) in [6, 6.07) is 8.96. The van der Waals surface area contributed by atoms with E-state index in [1.807, 2.05) is 23.7 Å². The Labute approximate surface area is 169 Å². The van der Waals surface area contributed by atoms with Gasteiger partial charge in [-0.05, 0) is 36.8 Å². The topological polar surface area (TPSA) is 88.4 Å². The molecule has 27 heavy (non-hydrogen) atoms. The summed E-state index contributed by atoms with van der Waals surface area (Å²) in [4.78, 5) is 22.1. The molecule has 0 spiro atoms. The third-order valence-electron chi connectivity index (χ3n) is 3.88. The van der Waals surface area contributed by atoms with Crippen molar-refractivity contribution in [3.05, 3.63) is 51.7 Å². The number of benzene rings is 2. The van der Waals surface area contributed by atoms with E-state index in [1.54, 1.807) is 24.5 Å². The maximum absolute atomic E-state index is 12.6. The van der Waals surface area contributed by atoms with E-state index >= 15 is 0 Å². The van der Waals surface area contributed by atoms with Crippen LogP contribution in [-0.4, -0.2) is 33.8 Å². The van der Waals surface area contributed by atoms with Crippen molar-refractivity contribution in [1.82, 2.24) is 15.0 Å². The molecular weight excluding hydrogens is 436 g/mol. The van der Waals surface area contributed by atoms with Gasteiger partial charge in [-0.2, -0.15) is 0 Å². The van der Waals surface area contributed by atoms with Crippen LogP contribution in [0.5, 0.6) is 0 Å². The number of carbonyl (C=O) groups excluding carboxylic acids is 1. The number of nitrogens with one attached hydrogen (secondary N) is 2. The third-order valence-corrected chi connectivity index (χ3v) is 4.69. The van der Waals surface area contributed by atoms with Crippen molar-refractivity contribution >= 4 is 55.8 Å². The fraction of sp³-hybridized carbons (Fsp3) is 0.222. The fourth-order valence-corrected chi connectivity index (χ4v) is 3.23. The molecule has 0 bridgehead atoms. The van der Waals surface area contributed by atoms with Crippen LogP contribution in [0.25, 0.3) is 11.0 Å². The molecule has 3 aromatic rings. The number of anilines is 2. The molecule has 1 heterocycles. The van der Waals surface area contributed by atoms with Gasteiger partial charge in [0.2, 0.25) is 0 Å². The van der Waals surface area contributed by atoms with E-state index in [9.17, 15) is 4.79 Å². The molecule has 0 saturated heterocycles. The van der Waals surface area contributed by atoms with E-state index in [4.69, 9.17) is 21.5 Å². The number of hydroxylamine groups is 1. The van der Waals surface area contributed by atoms with Crippen LogP contribution >= 0.6 is 27.5 Å². The molecule has 0 atom stereocenters. The molecule has 2 aromatic carbocycles. The lowest BCUT2D eigenvalue weighted by Crippen LogP contribution is -2.25. The van der Waals surface area contributed by atoms with Gasteiger partial charge in [0, 0.05) is 18.1 Å². The number of aromatic nitrogens is 2. The lowest BCUT2D eigenvalue weighted by molar-refractivity contribution is 0.0262. The first-order chi connectivity index (χ1) is 13.0. The first-order valence-electron chi connectivity index (χ1n) is 8.19. The quantitative estimate of drug-likeness (QED) is 0.374. The number of imidazole rings is 1. The molecule has 9 heteroatoms. The standard InChI is InChI=1S/C18H18BrClN4O3/c1-24-10-21-16-9-15(22-14-4-3-11(19)7-13(14)20)12(8-17(16)24)18(26)23-27-6-2-5-25/h3-4,7-10,22,25H,2,5-6H2,1H3,(H,23,26). The number of rotatable bonds is 7. The number of carbonyl (C=O) groups is 1. The lowest BCUT2D eigenvalue weighted by atomic mass is 10.1. The van der Waals surface area contributed by atoms with Crippen LogP contribution in [0, 0.1) is 0 Å². The number of halogens is 2. The van der Waals surface area contributed by atoms with Gasteiger partial charge in [-0.15, -0.1) is 0 Å². The van der Waals surface area contributed by atoms with Crippen molar-refractivity contribution in [2.75, 3.05) is 18.5 Å². The number of hydrogen-bond acceptors (Lipinski definition) is 5. The van der Waals surface area contributed by atoms with Gasteiger partial charge in [-0.3, -0.25) is 9.63 Å². The Morgan fingerprint density at radius 2 is 2.15 bits per heavy atom. The van der Waals surface area contributed by atoms with Crippen molar-refractivity contribution in [2.45, 2.75) is 6.42 Å². The third kappa shape index (κ3) is 4.59. The zero-order chi connectivity index (χ0) is 19.4. The highest BCUT2D eigenvalue weighted by Gasteiger charge is 2.16. The minimum atomic E-state index is -0.410. The number of nitrogens with zero attached hydrogens (tertiary/aromatic N) is 2. The van der Waals surface area contributed by atoms with Gasteiger partial charge in [-0.1, -0.05) is 27.5 Å². The summed E-state index contributed by atoms with van der Waals surface area (Å²) in [6.45, 7) is 0.212. The molecule has 3 rings (SSSR count). The van der Waals surface area contributed by atoms with Crippen LogP contribution in [0.3, 0.4) is 0 Å². The number of aliphatic hydroxyl groups is 1. The number of amides is 1. The van der Waals surface area contributed by atoms with Crippen molar-refractivity contribution in [1.29, 1.82) is 0 Å². The first-order valence-corrected chi connectivity index (χ1v) is 9.37. The summed E-state index contributed by atoms with van der Waals surface area (Å²) in [5.74, 6) is -0.410. The molecule has 0 radical (unpaired) electrons. The normalized spacial score (nSPS) is 11.0. The number of fused-ring (bicyclic) bond motifs is 1. The lowest BCUT2D eigenvalue weighted by Gasteiger charge is -2.14. The predicted molar refractivity (Wildman–Crippen MR) is 108 cm³/mol. The Bertz CT molecular complexity index is 977. The van der Waals surface area contributed by atoms with Gasteiger partial charge in [0.1, 0.15) is 0 Å². The van der Waals surface area contributed by atoms with Gasteiger partial charge >= 0.3 is 0 Å². The molecule has 0 unspecified atom stereocenters. The van der Waals surface area contributed by atoms with E-state index in [0.717, 1.165) is 15.5 Å². The van der Waals surface area contributed by atoms with Gasteiger partial charge in [-0.25, -0.2) is 10.5 Å². The number of hydrogen-bond donors (Lipinski definition) is 3. The molecular formula is C18H18BrClN4O3. The molecule has 0 saturated carbocycles. The molecule has 0 aliphatic heterocycles. The van der Waals surface area contributed by atoms with Crippen molar-refractivity contribution in [3.8, 4) is 0 Å². The maximum atomic E-state index is 12.6.